The van der Waals surface area contributed by atoms with Crippen LogP contribution in [-0.4, -0.2) is 17.2 Å². The zero-order valence-electron chi connectivity index (χ0n) is 9.37. The average molecular weight is 290 g/mol. The lowest BCUT2D eigenvalue weighted by Gasteiger charge is -2.13. The molecule has 0 heterocycles. The van der Waals surface area contributed by atoms with E-state index in [1.807, 2.05) is 6.92 Å². The summed E-state index contributed by atoms with van der Waals surface area (Å²) in [7, 11) is 0. The van der Waals surface area contributed by atoms with Gasteiger partial charge in [-0.15, -0.1) is 11.8 Å². The molecule has 1 fully saturated rings. The molecule has 0 unspecified atom stereocenters. The molecule has 1 atom stereocenters. The van der Waals surface area contributed by atoms with Crippen molar-refractivity contribution >= 4 is 40.9 Å². The molecule has 1 aromatic rings. The predicted molar refractivity (Wildman–Crippen MR) is 72.9 cm³/mol. The quantitative estimate of drug-likeness (QED) is 0.856. The predicted octanol–water partition coefficient (Wildman–Crippen LogP) is 3.75. The lowest BCUT2D eigenvalue weighted by Crippen LogP contribution is -2.32. The fourth-order valence-electron chi connectivity index (χ4n) is 1.37. The van der Waals surface area contributed by atoms with Crippen LogP contribution >= 0.6 is 35.0 Å². The fourth-order valence-corrected chi connectivity index (χ4v) is 2.93. The van der Waals surface area contributed by atoms with Gasteiger partial charge < -0.3 is 5.32 Å². The smallest absolute Gasteiger partial charge is 0.233 e. The number of carbonyl (C=O) groups is 1. The molecule has 1 aliphatic carbocycles. The van der Waals surface area contributed by atoms with Gasteiger partial charge in [0.1, 0.15) is 0 Å². The number of rotatable bonds is 4. The first kappa shape index (κ1) is 13.1. The Morgan fingerprint density at radius 2 is 2.00 bits per heavy atom. The van der Waals surface area contributed by atoms with E-state index in [1.54, 1.807) is 18.2 Å². The van der Waals surface area contributed by atoms with Crippen molar-refractivity contribution in [1.29, 1.82) is 0 Å². The molecule has 0 bridgehead atoms. The zero-order chi connectivity index (χ0) is 12.4. The molecule has 0 aliphatic heterocycles. The van der Waals surface area contributed by atoms with Crippen LogP contribution in [0.15, 0.2) is 23.1 Å². The lowest BCUT2D eigenvalue weighted by molar-refractivity contribution is -0.120. The van der Waals surface area contributed by atoms with Crippen molar-refractivity contribution in [2.45, 2.75) is 36.0 Å². The number of halogens is 2. The van der Waals surface area contributed by atoms with Gasteiger partial charge in [0.05, 0.1) is 15.3 Å². The monoisotopic (exact) mass is 289 g/mol. The highest BCUT2D eigenvalue weighted by molar-refractivity contribution is 8.00. The molecular weight excluding hydrogens is 277 g/mol. The van der Waals surface area contributed by atoms with E-state index in [1.165, 1.54) is 11.8 Å². The highest BCUT2D eigenvalue weighted by Gasteiger charge is 2.26. The molecule has 1 saturated carbocycles. The summed E-state index contributed by atoms with van der Waals surface area (Å²) in [5, 5.41) is 3.96. The standard InChI is InChI=1S/C12H13Cl2NOS/c1-7(12(16)15-8-5-6-8)17-11-9(13)3-2-4-10(11)14/h2-4,7-8H,5-6H2,1H3,(H,15,16)/t7-/m1/s1. The minimum atomic E-state index is -0.187. The van der Waals surface area contributed by atoms with E-state index < -0.39 is 0 Å². The minimum Gasteiger partial charge on any atom is -0.352 e. The SMILES string of the molecule is C[C@@H](Sc1c(Cl)cccc1Cl)C(=O)NC1CC1. The number of benzene rings is 1. The summed E-state index contributed by atoms with van der Waals surface area (Å²) < 4.78 is 0. The maximum Gasteiger partial charge on any atom is 0.233 e. The number of thioether (sulfide) groups is 1. The summed E-state index contributed by atoms with van der Waals surface area (Å²) >= 11 is 13.5. The van der Waals surface area contributed by atoms with Crippen LogP contribution < -0.4 is 5.32 Å². The van der Waals surface area contributed by atoms with E-state index in [2.05, 4.69) is 5.32 Å². The van der Waals surface area contributed by atoms with Crippen molar-refractivity contribution in [2.24, 2.45) is 0 Å². The molecule has 0 saturated heterocycles. The van der Waals surface area contributed by atoms with E-state index in [4.69, 9.17) is 23.2 Å². The molecule has 2 nitrogen and oxygen atoms in total. The van der Waals surface area contributed by atoms with Crippen molar-refractivity contribution in [3.8, 4) is 0 Å². The molecule has 0 spiro atoms. The Hall–Kier alpha value is -0.380. The number of carbonyl (C=O) groups excluding carboxylic acids is 1. The third-order valence-corrected chi connectivity index (χ3v) is 4.60. The summed E-state index contributed by atoms with van der Waals surface area (Å²) in [5.41, 5.74) is 0. The maximum atomic E-state index is 11.8. The van der Waals surface area contributed by atoms with Gasteiger partial charge in [-0.1, -0.05) is 29.3 Å². The first-order valence-corrected chi connectivity index (χ1v) is 7.12. The number of nitrogens with one attached hydrogen (secondary N) is 1. The minimum absolute atomic E-state index is 0.0495. The Morgan fingerprint density at radius 3 is 2.53 bits per heavy atom. The Balaban J connectivity index is 2.01. The van der Waals surface area contributed by atoms with Crippen LogP contribution in [0.25, 0.3) is 0 Å². The summed E-state index contributed by atoms with van der Waals surface area (Å²) in [6, 6.07) is 5.74. The average Bonchev–Trinajstić information content (AvgIpc) is 3.07. The molecule has 5 heteroatoms. The Bertz CT molecular complexity index is 414. The van der Waals surface area contributed by atoms with Crippen LogP contribution in [0, 0.1) is 0 Å². The summed E-state index contributed by atoms with van der Waals surface area (Å²) in [6.07, 6.45) is 2.19. The van der Waals surface area contributed by atoms with Gasteiger partial charge in [0, 0.05) is 10.9 Å². The van der Waals surface area contributed by atoms with Crippen LogP contribution in [0.3, 0.4) is 0 Å². The van der Waals surface area contributed by atoms with Crippen molar-refractivity contribution in [1.82, 2.24) is 5.32 Å². The Morgan fingerprint density at radius 1 is 1.41 bits per heavy atom. The molecule has 1 aromatic carbocycles. The summed E-state index contributed by atoms with van der Waals surface area (Å²) in [4.78, 5) is 12.6. The maximum absolute atomic E-state index is 11.8. The van der Waals surface area contributed by atoms with E-state index in [-0.39, 0.29) is 11.2 Å². The van der Waals surface area contributed by atoms with Crippen molar-refractivity contribution in [3.63, 3.8) is 0 Å². The van der Waals surface area contributed by atoms with Crippen LogP contribution in [0.1, 0.15) is 19.8 Å². The molecule has 2 rings (SSSR count). The van der Waals surface area contributed by atoms with Gasteiger partial charge in [0.15, 0.2) is 0 Å². The van der Waals surface area contributed by atoms with Gasteiger partial charge in [-0.25, -0.2) is 0 Å². The first-order chi connectivity index (χ1) is 8.08. The largest absolute Gasteiger partial charge is 0.352 e. The Labute approximate surface area is 115 Å². The highest BCUT2D eigenvalue weighted by atomic mass is 35.5. The van der Waals surface area contributed by atoms with Gasteiger partial charge >= 0.3 is 0 Å². The third-order valence-electron chi connectivity index (χ3n) is 2.51. The van der Waals surface area contributed by atoms with E-state index in [0.29, 0.717) is 16.1 Å². The molecule has 1 amide bonds. The van der Waals surface area contributed by atoms with Gasteiger partial charge in [0.25, 0.3) is 0 Å². The Kier molecular flexibility index (Phi) is 4.23. The summed E-state index contributed by atoms with van der Waals surface area (Å²) in [6.45, 7) is 1.86. The van der Waals surface area contributed by atoms with Gasteiger partial charge in [-0.3, -0.25) is 4.79 Å². The van der Waals surface area contributed by atoms with Crippen molar-refractivity contribution in [3.05, 3.63) is 28.2 Å². The van der Waals surface area contributed by atoms with Gasteiger partial charge in [-0.05, 0) is 31.9 Å². The topological polar surface area (TPSA) is 29.1 Å². The van der Waals surface area contributed by atoms with Crippen LogP contribution in [-0.2, 0) is 4.79 Å². The van der Waals surface area contributed by atoms with E-state index >= 15 is 0 Å². The van der Waals surface area contributed by atoms with Crippen LogP contribution in [0.5, 0.6) is 0 Å². The number of hydrogen-bond donors (Lipinski definition) is 1. The van der Waals surface area contributed by atoms with E-state index in [9.17, 15) is 4.79 Å². The highest BCUT2D eigenvalue weighted by Crippen LogP contribution is 2.36. The molecule has 92 valence electrons. The van der Waals surface area contributed by atoms with E-state index in [0.717, 1.165) is 17.7 Å². The van der Waals surface area contributed by atoms with Gasteiger partial charge in [-0.2, -0.15) is 0 Å². The fraction of sp³-hybridized carbons (Fsp3) is 0.417. The van der Waals surface area contributed by atoms with Crippen molar-refractivity contribution < 1.29 is 4.79 Å². The third kappa shape index (κ3) is 3.54. The number of amides is 1. The molecule has 0 radical (unpaired) electrons. The second kappa shape index (κ2) is 5.51. The number of hydrogen-bond acceptors (Lipinski definition) is 2. The van der Waals surface area contributed by atoms with Gasteiger partial charge in [0.2, 0.25) is 5.91 Å². The second-order valence-corrected chi connectivity index (χ2v) is 6.26. The molecular formula is C12H13Cl2NOS. The first-order valence-electron chi connectivity index (χ1n) is 5.49. The molecule has 17 heavy (non-hydrogen) atoms. The van der Waals surface area contributed by atoms with Crippen LogP contribution in [0.4, 0.5) is 0 Å². The molecule has 1 N–H and O–H groups in total. The second-order valence-electron chi connectivity index (χ2n) is 4.09. The van der Waals surface area contributed by atoms with Crippen molar-refractivity contribution in [2.75, 3.05) is 0 Å². The van der Waals surface area contributed by atoms with Crippen LogP contribution in [0.2, 0.25) is 10.0 Å². The lowest BCUT2D eigenvalue weighted by atomic mass is 10.4. The summed E-state index contributed by atoms with van der Waals surface area (Å²) in [5.74, 6) is 0.0495. The molecule has 0 aromatic heterocycles. The normalized spacial score (nSPS) is 16.6. The zero-order valence-corrected chi connectivity index (χ0v) is 11.7. The molecule has 1 aliphatic rings.